The highest BCUT2D eigenvalue weighted by molar-refractivity contribution is 7.89. The molecule has 1 aromatic rings. The molecule has 0 unspecified atom stereocenters. The van der Waals surface area contributed by atoms with E-state index in [-0.39, 0.29) is 17.1 Å². The van der Waals surface area contributed by atoms with Crippen LogP contribution in [0.15, 0.2) is 24.3 Å². The van der Waals surface area contributed by atoms with Gasteiger partial charge in [0, 0.05) is 18.4 Å². The summed E-state index contributed by atoms with van der Waals surface area (Å²) in [7, 11) is -3.05. The van der Waals surface area contributed by atoms with Crippen molar-refractivity contribution >= 4 is 15.7 Å². The number of amides is 1. The van der Waals surface area contributed by atoms with Crippen molar-refractivity contribution in [3.05, 3.63) is 35.4 Å². The van der Waals surface area contributed by atoms with Gasteiger partial charge in [-0.2, -0.15) is 0 Å². The molecule has 5 nitrogen and oxygen atoms in total. The topological polar surface area (TPSA) is 75.3 Å². The summed E-state index contributed by atoms with van der Waals surface area (Å²) in [6.45, 7) is 4.85. The van der Waals surface area contributed by atoms with Gasteiger partial charge in [-0.05, 0) is 49.0 Å². The van der Waals surface area contributed by atoms with Crippen LogP contribution in [0, 0.1) is 5.41 Å². The van der Waals surface area contributed by atoms with Crippen molar-refractivity contribution in [2.75, 3.05) is 25.9 Å². The molecule has 0 aliphatic carbocycles. The van der Waals surface area contributed by atoms with Crippen LogP contribution in [0.3, 0.4) is 0 Å². The van der Waals surface area contributed by atoms with E-state index in [4.69, 9.17) is 0 Å². The highest BCUT2D eigenvalue weighted by Gasteiger charge is 2.27. The van der Waals surface area contributed by atoms with Crippen molar-refractivity contribution in [3.63, 3.8) is 0 Å². The quantitative estimate of drug-likeness (QED) is 0.857. The smallest absolute Gasteiger partial charge is 0.251 e. The summed E-state index contributed by atoms with van der Waals surface area (Å²) in [5, 5.41) is 6.31. The molecule has 1 saturated heterocycles. The molecule has 1 heterocycles. The van der Waals surface area contributed by atoms with E-state index in [1.54, 1.807) is 24.3 Å². The third kappa shape index (κ3) is 5.10. The highest BCUT2D eigenvalue weighted by atomic mass is 32.2. The summed E-state index contributed by atoms with van der Waals surface area (Å²) < 4.78 is 22.5. The van der Waals surface area contributed by atoms with Crippen LogP contribution in [0.1, 0.15) is 35.7 Å². The second-order valence-corrected chi connectivity index (χ2v) is 8.65. The van der Waals surface area contributed by atoms with Crippen molar-refractivity contribution in [1.29, 1.82) is 0 Å². The van der Waals surface area contributed by atoms with E-state index in [0.29, 0.717) is 17.7 Å². The zero-order valence-corrected chi connectivity index (χ0v) is 14.0. The Hall–Kier alpha value is -1.40. The number of rotatable bonds is 5. The van der Waals surface area contributed by atoms with Crippen LogP contribution in [0.2, 0.25) is 0 Å². The van der Waals surface area contributed by atoms with Crippen LogP contribution in [-0.4, -0.2) is 40.2 Å². The minimum Gasteiger partial charge on any atom is -0.351 e. The van der Waals surface area contributed by atoms with Gasteiger partial charge in [0.25, 0.3) is 5.91 Å². The highest BCUT2D eigenvalue weighted by Crippen LogP contribution is 2.26. The van der Waals surface area contributed by atoms with Crippen molar-refractivity contribution in [2.24, 2.45) is 5.41 Å². The molecule has 1 aromatic carbocycles. The molecular formula is C16H24N2O3S. The lowest BCUT2D eigenvalue weighted by Gasteiger charge is -2.34. The summed E-state index contributed by atoms with van der Waals surface area (Å²) >= 11 is 0. The number of nitrogens with one attached hydrogen (secondary N) is 2. The maximum absolute atomic E-state index is 12.2. The van der Waals surface area contributed by atoms with Gasteiger partial charge in [-0.25, -0.2) is 8.42 Å². The van der Waals surface area contributed by atoms with Crippen molar-refractivity contribution < 1.29 is 13.2 Å². The second kappa shape index (κ2) is 6.79. The lowest BCUT2D eigenvalue weighted by Crippen LogP contribution is -2.42. The molecular weight excluding hydrogens is 300 g/mol. The third-order valence-electron chi connectivity index (χ3n) is 4.13. The number of piperidine rings is 1. The molecule has 1 aliphatic heterocycles. The first-order valence-corrected chi connectivity index (χ1v) is 9.59. The number of hydrogen-bond acceptors (Lipinski definition) is 4. The average Bonchev–Trinajstić information content (AvgIpc) is 2.45. The van der Waals surface area contributed by atoms with Crippen molar-refractivity contribution in [3.8, 4) is 0 Å². The largest absolute Gasteiger partial charge is 0.351 e. The zero-order valence-electron chi connectivity index (χ0n) is 13.2. The first-order chi connectivity index (χ1) is 10.3. The Morgan fingerprint density at radius 3 is 2.36 bits per heavy atom. The molecule has 0 radical (unpaired) electrons. The van der Waals surface area contributed by atoms with Crippen LogP contribution in [0.5, 0.6) is 0 Å². The van der Waals surface area contributed by atoms with E-state index >= 15 is 0 Å². The van der Waals surface area contributed by atoms with E-state index < -0.39 is 9.84 Å². The molecule has 2 N–H and O–H groups in total. The molecule has 122 valence electrons. The Kier molecular flexibility index (Phi) is 5.24. The van der Waals surface area contributed by atoms with Crippen molar-refractivity contribution in [2.45, 2.75) is 25.5 Å². The third-order valence-corrected chi connectivity index (χ3v) is 4.99. The molecule has 2 rings (SSSR count). The van der Waals surface area contributed by atoms with Gasteiger partial charge in [-0.1, -0.05) is 19.1 Å². The summed E-state index contributed by atoms with van der Waals surface area (Å²) in [4.78, 5) is 12.2. The first kappa shape index (κ1) is 17.0. The zero-order chi connectivity index (χ0) is 16.2. The Morgan fingerprint density at radius 1 is 1.23 bits per heavy atom. The van der Waals surface area contributed by atoms with Gasteiger partial charge >= 0.3 is 0 Å². The normalized spacial score (nSPS) is 17.9. The Bertz CT molecular complexity index is 617. The Morgan fingerprint density at radius 2 is 1.82 bits per heavy atom. The first-order valence-electron chi connectivity index (χ1n) is 7.53. The van der Waals surface area contributed by atoms with Crippen molar-refractivity contribution in [1.82, 2.24) is 10.6 Å². The summed E-state index contributed by atoms with van der Waals surface area (Å²) in [6.07, 6.45) is 3.31. The SMILES string of the molecule is CC1(CNC(=O)c2ccc(CS(C)(=O)=O)cc2)CCNCC1. The molecule has 1 fully saturated rings. The molecule has 1 amide bonds. The predicted molar refractivity (Wildman–Crippen MR) is 87.5 cm³/mol. The maximum Gasteiger partial charge on any atom is 0.251 e. The van der Waals surface area contributed by atoms with Crippen LogP contribution < -0.4 is 10.6 Å². The molecule has 22 heavy (non-hydrogen) atoms. The fourth-order valence-corrected chi connectivity index (χ4v) is 3.46. The van der Waals surface area contributed by atoms with Crippen LogP contribution >= 0.6 is 0 Å². The minimum atomic E-state index is -3.05. The lowest BCUT2D eigenvalue weighted by atomic mass is 9.81. The van der Waals surface area contributed by atoms with Gasteiger partial charge < -0.3 is 10.6 Å². The monoisotopic (exact) mass is 324 g/mol. The average molecular weight is 324 g/mol. The standard InChI is InChI=1S/C16H24N2O3S/c1-16(7-9-17-10-8-16)12-18-15(19)14-5-3-13(4-6-14)11-22(2,20)21/h3-6,17H,7-12H2,1-2H3,(H,18,19). The molecule has 0 aromatic heterocycles. The lowest BCUT2D eigenvalue weighted by molar-refractivity contribution is 0.0922. The summed E-state index contributed by atoms with van der Waals surface area (Å²) in [6, 6.07) is 6.76. The second-order valence-electron chi connectivity index (χ2n) is 6.51. The van der Waals surface area contributed by atoms with E-state index in [9.17, 15) is 13.2 Å². The summed E-state index contributed by atoms with van der Waals surface area (Å²) in [5.41, 5.74) is 1.41. The van der Waals surface area contributed by atoms with Gasteiger partial charge in [0.2, 0.25) is 0 Å². The molecule has 1 aliphatic rings. The van der Waals surface area contributed by atoms with Gasteiger partial charge in [-0.15, -0.1) is 0 Å². The van der Waals surface area contributed by atoms with E-state index in [1.165, 1.54) is 6.26 Å². The van der Waals surface area contributed by atoms with Crippen LogP contribution in [0.25, 0.3) is 0 Å². The predicted octanol–water partition coefficient (Wildman–Crippen LogP) is 1.35. The molecule has 0 saturated carbocycles. The van der Waals surface area contributed by atoms with E-state index in [1.807, 2.05) is 0 Å². The minimum absolute atomic E-state index is 0.0000296. The maximum atomic E-state index is 12.2. The fourth-order valence-electron chi connectivity index (χ4n) is 2.66. The van der Waals surface area contributed by atoms with Gasteiger partial charge in [0.1, 0.15) is 0 Å². The molecule has 0 atom stereocenters. The molecule has 0 bridgehead atoms. The van der Waals surface area contributed by atoms with Gasteiger partial charge in [-0.3, -0.25) is 4.79 Å². The number of hydrogen-bond donors (Lipinski definition) is 2. The molecule has 0 spiro atoms. The summed E-state index contributed by atoms with van der Waals surface area (Å²) in [5.74, 6) is -0.106. The Balaban J connectivity index is 1.92. The number of carbonyl (C=O) groups is 1. The van der Waals surface area contributed by atoms with E-state index in [0.717, 1.165) is 25.9 Å². The van der Waals surface area contributed by atoms with Gasteiger partial charge in [0.15, 0.2) is 9.84 Å². The van der Waals surface area contributed by atoms with Gasteiger partial charge in [0.05, 0.1) is 5.75 Å². The number of sulfone groups is 1. The van der Waals surface area contributed by atoms with E-state index in [2.05, 4.69) is 17.6 Å². The fraction of sp³-hybridized carbons (Fsp3) is 0.562. The van der Waals surface area contributed by atoms with Crippen LogP contribution in [0.4, 0.5) is 0 Å². The number of carbonyl (C=O) groups excluding carboxylic acids is 1. The number of benzene rings is 1. The molecule has 6 heteroatoms. The Labute approximate surface area is 132 Å². The van der Waals surface area contributed by atoms with Crippen LogP contribution in [-0.2, 0) is 15.6 Å².